The van der Waals surface area contributed by atoms with E-state index < -0.39 is 14.6 Å². The Hall–Kier alpha value is -1.24. The van der Waals surface area contributed by atoms with E-state index in [1.54, 1.807) is 0 Å². The topological polar surface area (TPSA) is 36.9 Å². The van der Waals surface area contributed by atoms with Gasteiger partial charge in [-0.05, 0) is 64.3 Å². The first-order valence-corrected chi connectivity index (χ1v) is 12.3. The van der Waals surface area contributed by atoms with Gasteiger partial charge in [-0.3, -0.25) is 0 Å². The molecule has 28 heavy (non-hydrogen) atoms. The van der Waals surface area contributed by atoms with Gasteiger partial charge in [0, 0.05) is 24.9 Å². The molecule has 0 aliphatic rings. The average Bonchev–Trinajstić information content (AvgIpc) is 2.58. The van der Waals surface area contributed by atoms with Crippen molar-refractivity contribution >= 4 is 19.6 Å². The Morgan fingerprint density at radius 1 is 0.893 bits per heavy atom. The Morgan fingerprint density at radius 2 is 1.50 bits per heavy atom. The largest absolute Gasteiger partial charge is 0.508 e. The molecule has 4 nitrogen and oxygen atoms in total. The molecule has 2 rings (SSSR count). The van der Waals surface area contributed by atoms with Gasteiger partial charge in [0.2, 0.25) is 0 Å². The molecule has 0 bridgehead atoms. The van der Waals surface area contributed by atoms with Crippen molar-refractivity contribution in [1.29, 1.82) is 0 Å². The maximum atomic E-state index is 6.57. The SMILES string of the molecule is CCCOC(C)(C)O[Si](Cc1cccc2ccccc12)(OC(C)C)OC(C)C. The number of rotatable bonds is 11. The Labute approximate surface area is 171 Å². The second-order valence-corrected chi connectivity index (χ2v) is 10.6. The van der Waals surface area contributed by atoms with Crippen molar-refractivity contribution in [2.24, 2.45) is 0 Å². The molecule has 0 unspecified atom stereocenters. The zero-order valence-corrected chi connectivity index (χ0v) is 19.5. The van der Waals surface area contributed by atoms with Gasteiger partial charge in [0.05, 0.1) is 0 Å². The van der Waals surface area contributed by atoms with Crippen LogP contribution in [0.3, 0.4) is 0 Å². The van der Waals surface area contributed by atoms with Gasteiger partial charge in [-0.1, -0.05) is 49.4 Å². The van der Waals surface area contributed by atoms with Crippen LogP contribution in [0.1, 0.15) is 60.5 Å². The van der Waals surface area contributed by atoms with Crippen LogP contribution in [0.2, 0.25) is 0 Å². The van der Waals surface area contributed by atoms with E-state index in [4.69, 9.17) is 18.0 Å². The van der Waals surface area contributed by atoms with Crippen molar-refractivity contribution in [3.63, 3.8) is 0 Å². The van der Waals surface area contributed by atoms with E-state index in [-0.39, 0.29) is 12.2 Å². The van der Waals surface area contributed by atoms with E-state index in [0.717, 1.165) is 6.42 Å². The molecule has 0 spiro atoms. The molecule has 0 aromatic heterocycles. The molecule has 0 saturated carbocycles. The summed E-state index contributed by atoms with van der Waals surface area (Å²) in [4.78, 5) is 0. The minimum absolute atomic E-state index is 0.0117. The Balaban J connectivity index is 2.45. The van der Waals surface area contributed by atoms with Crippen LogP contribution in [-0.4, -0.2) is 33.4 Å². The lowest BCUT2D eigenvalue weighted by molar-refractivity contribution is -0.191. The first kappa shape index (κ1) is 23.0. The van der Waals surface area contributed by atoms with E-state index in [1.807, 2.05) is 41.5 Å². The summed E-state index contributed by atoms with van der Waals surface area (Å²) in [5, 5.41) is 2.41. The first-order chi connectivity index (χ1) is 13.2. The second kappa shape index (κ2) is 9.99. The third kappa shape index (κ3) is 6.67. The van der Waals surface area contributed by atoms with Crippen molar-refractivity contribution in [2.45, 2.75) is 78.9 Å². The fourth-order valence-electron chi connectivity index (χ4n) is 3.35. The predicted octanol–water partition coefficient (Wildman–Crippen LogP) is 5.89. The van der Waals surface area contributed by atoms with Crippen molar-refractivity contribution in [3.05, 3.63) is 48.0 Å². The quantitative estimate of drug-likeness (QED) is 0.346. The third-order valence-electron chi connectivity index (χ3n) is 4.17. The number of benzene rings is 2. The first-order valence-electron chi connectivity index (χ1n) is 10.3. The summed E-state index contributed by atoms with van der Waals surface area (Å²) in [6, 6.07) is 15.4. The zero-order chi connectivity index (χ0) is 20.8. The standard InChI is InChI=1S/C23H36O4Si/c1-8-16-24-23(6,7)27-28(25-18(2)3,26-19(4)5)17-21-14-11-13-20-12-9-10-15-22(20)21/h9-15,18-19H,8,16-17H2,1-7H3. The molecule has 0 saturated heterocycles. The van der Waals surface area contributed by atoms with E-state index >= 15 is 0 Å². The monoisotopic (exact) mass is 404 g/mol. The maximum absolute atomic E-state index is 6.57. The van der Waals surface area contributed by atoms with E-state index in [9.17, 15) is 0 Å². The number of ether oxygens (including phenoxy) is 1. The minimum Gasteiger partial charge on any atom is -0.371 e. The van der Waals surface area contributed by atoms with Crippen molar-refractivity contribution in [2.75, 3.05) is 6.61 Å². The van der Waals surface area contributed by atoms with Crippen LogP contribution in [0, 0.1) is 0 Å². The average molecular weight is 405 g/mol. The molecule has 0 atom stereocenters. The normalized spacial score (nSPS) is 13.0. The molecule has 156 valence electrons. The van der Waals surface area contributed by atoms with Crippen molar-refractivity contribution < 1.29 is 18.0 Å². The van der Waals surface area contributed by atoms with Crippen LogP contribution in [0.4, 0.5) is 0 Å². The number of fused-ring (bicyclic) bond motifs is 1. The predicted molar refractivity (Wildman–Crippen MR) is 117 cm³/mol. The highest BCUT2D eigenvalue weighted by molar-refractivity contribution is 6.60. The second-order valence-electron chi connectivity index (χ2n) is 8.18. The van der Waals surface area contributed by atoms with E-state index in [0.29, 0.717) is 12.7 Å². The van der Waals surface area contributed by atoms with Gasteiger partial charge in [0.15, 0.2) is 5.79 Å². The molecule has 0 N–H and O–H groups in total. The van der Waals surface area contributed by atoms with Crippen LogP contribution >= 0.6 is 0 Å². The van der Waals surface area contributed by atoms with Crippen LogP contribution in [0.15, 0.2) is 42.5 Å². The Kier molecular flexibility index (Phi) is 8.22. The smallest absolute Gasteiger partial charge is 0.371 e. The fourth-order valence-corrected chi connectivity index (χ4v) is 6.76. The lowest BCUT2D eigenvalue weighted by atomic mass is 10.1. The van der Waals surface area contributed by atoms with Crippen LogP contribution < -0.4 is 0 Å². The lowest BCUT2D eigenvalue weighted by Gasteiger charge is -2.39. The minimum atomic E-state index is -3.09. The third-order valence-corrected chi connectivity index (χ3v) is 7.45. The number of hydrogen-bond acceptors (Lipinski definition) is 4. The van der Waals surface area contributed by atoms with E-state index in [2.05, 4.69) is 49.4 Å². The summed E-state index contributed by atoms with van der Waals surface area (Å²) in [6.07, 6.45) is 0.908. The lowest BCUT2D eigenvalue weighted by Crippen LogP contribution is -2.56. The summed E-state index contributed by atoms with van der Waals surface area (Å²) in [5.74, 6) is -0.781. The molecule has 2 aromatic rings. The summed E-state index contributed by atoms with van der Waals surface area (Å²) >= 11 is 0. The summed E-state index contributed by atoms with van der Waals surface area (Å²) in [6.45, 7) is 14.7. The van der Waals surface area contributed by atoms with E-state index in [1.165, 1.54) is 16.3 Å². The molecule has 5 heteroatoms. The van der Waals surface area contributed by atoms with Crippen molar-refractivity contribution in [3.8, 4) is 0 Å². The molecule has 0 aliphatic heterocycles. The van der Waals surface area contributed by atoms with Gasteiger partial charge >= 0.3 is 8.80 Å². The van der Waals surface area contributed by atoms with Gasteiger partial charge in [-0.25, -0.2) is 0 Å². The molecule has 0 heterocycles. The van der Waals surface area contributed by atoms with Gasteiger partial charge < -0.3 is 18.0 Å². The van der Waals surface area contributed by atoms with Gasteiger partial charge in [0.1, 0.15) is 0 Å². The highest BCUT2D eigenvalue weighted by atomic mass is 28.4. The highest BCUT2D eigenvalue weighted by Crippen LogP contribution is 2.30. The molecular weight excluding hydrogens is 368 g/mol. The Morgan fingerprint density at radius 3 is 2.11 bits per heavy atom. The summed E-state index contributed by atoms with van der Waals surface area (Å²) in [7, 11) is -3.09. The molecule has 0 fully saturated rings. The van der Waals surface area contributed by atoms with Gasteiger partial charge in [-0.2, -0.15) is 0 Å². The van der Waals surface area contributed by atoms with Gasteiger partial charge in [-0.15, -0.1) is 0 Å². The molecule has 0 aliphatic carbocycles. The van der Waals surface area contributed by atoms with Crippen LogP contribution in [0.5, 0.6) is 0 Å². The number of hydrogen-bond donors (Lipinski definition) is 0. The molecular formula is C23H36O4Si. The summed E-state index contributed by atoms with van der Waals surface area (Å²) < 4.78 is 25.4. The molecule has 0 radical (unpaired) electrons. The highest BCUT2D eigenvalue weighted by Gasteiger charge is 2.48. The Bertz CT molecular complexity index is 727. The molecule has 2 aromatic carbocycles. The van der Waals surface area contributed by atoms with Crippen LogP contribution in [0.25, 0.3) is 10.8 Å². The van der Waals surface area contributed by atoms with Gasteiger partial charge in [0.25, 0.3) is 0 Å². The summed E-state index contributed by atoms with van der Waals surface area (Å²) in [5.41, 5.74) is 1.18. The van der Waals surface area contributed by atoms with Crippen molar-refractivity contribution in [1.82, 2.24) is 0 Å². The zero-order valence-electron chi connectivity index (χ0n) is 18.5. The van der Waals surface area contributed by atoms with Crippen LogP contribution in [-0.2, 0) is 24.1 Å². The maximum Gasteiger partial charge on any atom is 0.508 e. The fraction of sp³-hybridized carbons (Fsp3) is 0.565. The molecule has 0 amide bonds.